The Balaban J connectivity index is 1.84. The van der Waals surface area contributed by atoms with E-state index in [2.05, 4.69) is 0 Å². The molecule has 0 N–H and O–H groups in total. The highest BCUT2D eigenvalue weighted by Crippen LogP contribution is 2.10. The van der Waals surface area contributed by atoms with Crippen molar-refractivity contribution in [3.63, 3.8) is 0 Å². The average molecular weight is 288 g/mol. The smallest absolute Gasteiger partial charge is 0.253 e. The summed E-state index contributed by atoms with van der Waals surface area (Å²) in [6, 6.07) is 9.16. The second-order valence-electron chi connectivity index (χ2n) is 5.24. The molecule has 2 amide bonds. The second kappa shape index (κ2) is 7.02. The van der Waals surface area contributed by atoms with Crippen LogP contribution in [0, 0.1) is 0 Å². The maximum atomic E-state index is 12.3. The van der Waals surface area contributed by atoms with Crippen LogP contribution in [0.1, 0.15) is 30.1 Å². The zero-order valence-electron chi connectivity index (χ0n) is 12.2. The molecule has 1 aliphatic rings. The zero-order chi connectivity index (χ0) is 15.2. The Labute approximate surface area is 124 Å². The van der Waals surface area contributed by atoms with E-state index in [1.165, 1.54) is 6.92 Å². The monoisotopic (exact) mass is 288 g/mol. The van der Waals surface area contributed by atoms with Gasteiger partial charge in [-0.3, -0.25) is 9.59 Å². The van der Waals surface area contributed by atoms with Crippen LogP contribution in [0.15, 0.2) is 30.3 Å². The molecule has 1 heterocycles. The fourth-order valence-corrected chi connectivity index (χ4v) is 2.36. The van der Waals surface area contributed by atoms with Crippen molar-refractivity contribution in [3.05, 3.63) is 35.9 Å². The van der Waals surface area contributed by atoms with E-state index in [0.29, 0.717) is 38.2 Å². The predicted octanol–water partition coefficient (Wildman–Crippen LogP) is 1.34. The van der Waals surface area contributed by atoms with E-state index in [9.17, 15) is 14.4 Å². The number of ketones is 1. The zero-order valence-corrected chi connectivity index (χ0v) is 12.2. The lowest BCUT2D eigenvalue weighted by Crippen LogP contribution is -2.50. The SMILES string of the molecule is CC(=O)CCC(=O)N1CCN(C(=O)c2ccccc2)CC1. The molecule has 5 nitrogen and oxygen atoms in total. The molecule has 0 bridgehead atoms. The Morgan fingerprint density at radius 3 is 2.05 bits per heavy atom. The summed E-state index contributed by atoms with van der Waals surface area (Å²) in [5.41, 5.74) is 0.675. The number of carbonyl (C=O) groups excluding carboxylic acids is 3. The van der Waals surface area contributed by atoms with Crippen LogP contribution in [0.2, 0.25) is 0 Å². The second-order valence-corrected chi connectivity index (χ2v) is 5.24. The fraction of sp³-hybridized carbons (Fsp3) is 0.438. The third-order valence-electron chi connectivity index (χ3n) is 3.63. The van der Waals surface area contributed by atoms with Gasteiger partial charge in [0.1, 0.15) is 5.78 Å². The maximum Gasteiger partial charge on any atom is 0.253 e. The minimum atomic E-state index is -0.00277. The largest absolute Gasteiger partial charge is 0.339 e. The third kappa shape index (κ3) is 4.15. The van der Waals surface area contributed by atoms with E-state index in [0.717, 1.165) is 0 Å². The van der Waals surface area contributed by atoms with Gasteiger partial charge in [0.2, 0.25) is 5.91 Å². The molecule has 21 heavy (non-hydrogen) atoms. The van der Waals surface area contributed by atoms with Gasteiger partial charge >= 0.3 is 0 Å². The molecule has 0 aliphatic carbocycles. The van der Waals surface area contributed by atoms with Crippen LogP contribution >= 0.6 is 0 Å². The van der Waals surface area contributed by atoms with Crippen molar-refractivity contribution >= 4 is 17.6 Å². The van der Waals surface area contributed by atoms with Crippen molar-refractivity contribution in [1.82, 2.24) is 9.80 Å². The van der Waals surface area contributed by atoms with Crippen molar-refractivity contribution < 1.29 is 14.4 Å². The lowest BCUT2D eigenvalue weighted by molar-refractivity contribution is -0.134. The van der Waals surface area contributed by atoms with Gasteiger partial charge in [-0.1, -0.05) is 18.2 Å². The number of Topliss-reactive ketones (excluding diaryl/α,β-unsaturated/α-hetero) is 1. The van der Waals surface area contributed by atoms with E-state index < -0.39 is 0 Å². The molecular formula is C16H20N2O3. The predicted molar refractivity (Wildman–Crippen MR) is 78.8 cm³/mol. The summed E-state index contributed by atoms with van der Waals surface area (Å²) >= 11 is 0. The van der Waals surface area contributed by atoms with Gasteiger partial charge in [-0.25, -0.2) is 0 Å². The van der Waals surface area contributed by atoms with Crippen LogP contribution < -0.4 is 0 Å². The Kier molecular flexibility index (Phi) is 5.09. The minimum absolute atomic E-state index is 0.00277. The summed E-state index contributed by atoms with van der Waals surface area (Å²) in [5, 5.41) is 0. The summed E-state index contributed by atoms with van der Waals surface area (Å²) in [7, 11) is 0. The quantitative estimate of drug-likeness (QED) is 0.840. The van der Waals surface area contributed by atoms with Crippen LogP contribution in [0.3, 0.4) is 0 Å². The third-order valence-corrected chi connectivity index (χ3v) is 3.63. The Bertz CT molecular complexity index is 520. The lowest BCUT2D eigenvalue weighted by Gasteiger charge is -2.34. The van der Waals surface area contributed by atoms with Crippen LogP contribution in [0.25, 0.3) is 0 Å². The van der Waals surface area contributed by atoms with Crippen LogP contribution in [-0.2, 0) is 9.59 Å². The normalized spacial score (nSPS) is 14.9. The molecule has 5 heteroatoms. The summed E-state index contributed by atoms with van der Waals surface area (Å²) < 4.78 is 0. The summed E-state index contributed by atoms with van der Waals surface area (Å²) in [4.78, 5) is 38.6. The first-order chi connectivity index (χ1) is 10.1. The van der Waals surface area contributed by atoms with Crippen LogP contribution in [0.4, 0.5) is 0 Å². The summed E-state index contributed by atoms with van der Waals surface area (Å²) in [5.74, 6) is 0.0321. The number of hydrogen-bond acceptors (Lipinski definition) is 3. The Hall–Kier alpha value is -2.17. The van der Waals surface area contributed by atoms with E-state index in [1.807, 2.05) is 18.2 Å². The molecule has 1 saturated heterocycles. The molecular weight excluding hydrogens is 268 g/mol. The molecule has 1 fully saturated rings. The van der Waals surface area contributed by atoms with Gasteiger partial charge in [-0.2, -0.15) is 0 Å². The number of benzene rings is 1. The van der Waals surface area contributed by atoms with Gasteiger partial charge in [0.25, 0.3) is 5.91 Å². The van der Waals surface area contributed by atoms with Crippen molar-refractivity contribution in [2.45, 2.75) is 19.8 Å². The van der Waals surface area contributed by atoms with E-state index in [4.69, 9.17) is 0 Å². The highest BCUT2D eigenvalue weighted by Gasteiger charge is 2.24. The van der Waals surface area contributed by atoms with Crippen molar-refractivity contribution in [1.29, 1.82) is 0 Å². The molecule has 112 valence electrons. The highest BCUT2D eigenvalue weighted by molar-refractivity contribution is 5.94. The van der Waals surface area contributed by atoms with Crippen LogP contribution in [0.5, 0.6) is 0 Å². The van der Waals surface area contributed by atoms with Gasteiger partial charge in [0.05, 0.1) is 0 Å². The van der Waals surface area contributed by atoms with Gasteiger partial charge in [-0.05, 0) is 19.1 Å². The molecule has 0 saturated carbocycles. The van der Waals surface area contributed by atoms with Crippen molar-refractivity contribution in [2.75, 3.05) is 26.2 Å². The Morgan fingerprint density at radius 1 is 0.905 bits per heavy atom. The van der Waals surface area contributed by atoms with Gasteiger partial charge in [0, 0.05) is 44.6 Å². The van der Waals surface area contributed by atoms with Crippen LogP contribution in [-0.4, -0.2) is 53.6 Å². The molecule has 1 aromatic rings. The van der Waals surface area contributed by atoms with Gasteiger partial charge in [-0.15, -0.1) is 0 Å². The lowest BCUT2D eigenvalue weighted by atomic mass is 10.1. The first-order valence-corrected chi connectivity index (χ1v) is 7.19. The number of carbonyl (C=O) groups is 3. The topological polar surface area (TPSA) is 57.7 Å². The molecule has 0 atom stereocenters. The number of amides is 2. The first-order valence-electron chi connectivity index (χ1n) is 7.19. The summed E-state index contributed by atoms with van der Waals surface area (Å²) in [6.07, 6.45) is 0.559. The average Bonchev–Trinajstić information content (AvgIpc) is 2.53. The number of nitrogens with zero attached hydrogens (tertiary/aromatic N) is 2. The van der Waals surface area contributed by atoms with E-state index >= 15 is 0 Å². The molecule has 1 aromatic carbocycles. The molecule has 0 aromatic heterocycles. The standard InChI is InChI=1S/C16H20N2O3/c1-13(19)7-8-15(20)17-9-11-18(12-10-17)16(21)14-5-3-2-4-6-14/h2-6H,7-12H2,1H3. The van der Waals surface area contributed by atoms with Gasteiger partial charge in [0.15, 0.2) is 0 Å². The Morgan fingerprint density at radius 2 is 1.48 bits per heavy atom. The molecule has 2 rings (SSSR count). The number of piperazine rings is 1. The highest BCUT2D eigenvalue weighted by atomic mass is 16.2. The fourth-order valence-electron chi connectivity index (χ4n) is 2.36. The minimum Gasteiger partial charge on any atom is -0.339 e. The summed E-state index contributed by atoms with van der Waals surface area (Å²) in [6.45, 7) is 3.65. The van der Waals surface area contributed by atoms with E-state index in [-0.39, 0.29) is 24.0 Å². The molecule has 0 radical (unpaired) electrons. The molecule has 1 aliphatic heterocycles. The molecule has 0 spiro atoms. The van der Waals surface area contributed by atoms with Crippen molar-refractivity contribution in [2.24, 2.45) is 0 Å². The maximum absolute atomic E-state index is 12.3. The van der Waals surface area contributed by atoms with Crippen molar-refractivity contribution in [3.8, 4) is 0 Å². The first kappa shape index (κ1) is 15.2. The van der Waals surface area contributed by atoms with Gasteiger partial charge < -0.3 is 14.6 Å². The van der Waals surface area contributed by atoms with E-state index in [1.54, 1.807) is 21.9 Å². The number of hydrogen-bond donors (Lipinski definition) is 0. The molecule has 0 unspecified atom stereocenters. The number of rotatable bonds is 4.